The predicted octanol–water partition coefficient (Wildman–Crippen LogP) is 1.12. The number of rotatable bonds is 5. The Bertz CT molecular complexity index is 676. The normalized spacial score (nSPS) is 10.3. The van der Waals surface area contributed by atoms with E-state index in [2.05, 4.69) is 4.98 Å². The van der Waals surface area contributed by atoms with Crippen molar-refractivity contribution in [3.8, 4) is 11.5 Å². The Hall–Kier alpha value is -2.71. The van der Waals surface area contributed by atoms with E-state index in [1.54, 1.807) is 0 Å². The number of amides is 1. The summed E-state index contributed by atoms with van der Waals surface area (Å²) >= 11 is 0. The van der Waals surface area contributed by atoms with Gasteiger partial charge < -0.3 is 14.9 Å². The standard InChI is InChI=1S/C14H13FN2O5/c15-9-1-3-10(4-2-9)22-7-8-5-16-12(14(20)17-21)13(19)11(8)6-18/h1-5,18-19,21H,6-7H2,(H,17,20). The predicted molar refractivity (Wildman–Crippen MR) is 71.8 cm³/mol. The molecule has 0 spiro atoms. The average Bonchev–Trinajstić information content (AvgIpc) is 2.53. The van der Waals surface area contributed by atoms with Crippen molar-refractivity contribution < 1.29 is 29.3 Å². The van der Waals surface area contributed by atoms with Gasteiger partial charge in [0.15, 0.2) is 11.4 Å². The van der Waals surface area contributed by atoms with E-state index in [0.29, 0.717) is 11.3 Å². The molecule has 22 heavy (non-hydrogen) atoms. The van der Waals surface area contributed by atoms with Crippen molar-refractivity contribution in [2.24, 2.45) is 0 Å². The summed E-state index contributed by atoms with van der Waals surface area (Å²) in [5.41, 5.74) is 1.32. The third-order valence-corrected chi connectivity index (χ3v) is 2.93. The highest BCUT2D eigenvalue weighted by Gasteiger charge is 2.19. The van der Waals surface area contributed by atoms with E-state index in [9.17, 15) is 19.4 Å². The quantitative estimate of drug-likeness (QED) is 0.486. The highest BCUT2D eigenvalue weighted by molar-refractivity contribution is 5.94. The Morgan fingerprint density at radius 2 is 2.00 bits per heavy atom. The van der Waals surface area contributed by atoms with Gasteiger partial charge in [-0.1, -0.05) is 0 Å². The number of aromatic hydroxyl groups is 1. The highest BCUT2D eigenvalue weighted by atomic mass is 19.1. The van der Waals surface area contributed by atoms with Crippen LogP contribution in [0.25, 0.3) is 0 Å². The molecule has 0 fully saturated rings. The number of nitrogens with zero attached hydrogens (tertiary/aromatic N) is 1. The minimum atomic E-state index is -1.00. The minimum absolute atomic E-state index is 0.0516. The largest absolute Gasteiger partial charge is 0.505 e. The summed E-state index contributed by atoms with van der Waals surface area (Å²) in [6, 6.07) is 5.31. The maximum absolute atomic E-state index is 12.8. The van der Waals surface area contributed by atoms with Gasteiger partial charge >= 0.3 is 0 Å². The molecule has 0 saturated heterocycles. The van der Waals surface area contributed by atoms with Crippen molar-refractivity contribution in [1.29, 1.82) is 0 Å². The second kappa shape index (κ2) is 6.83. The van der Waals surface area contributed by atoms with Crippen LogP contribution in [0.5, 0.6) is 11.5 Å². The topological polar surface area (TPSA) is 112 Å². The number of aliphatic hydroxyl groups is 1. The Balaban J connectivity index is 2.22. The highest BCUT2D eigenvalue weighted by Crippen LogP contribution is 2.25. The van der Waals surface area contributed by atoms with Crippen molar-refractivity contribution in [2.75, 3.05) is 0 Å². The maximum Gasteiger partial charge on any atom is 0.297 e. The Morgan fingerprint density at radius 3 is 2.59 bits per heavy atom. The van der Waals surface area contributed by atoms with Gasteiger partial charge in [-0.15, -0.1) is 0 Å². The lowest BCUT2D eigenvalue weighted by molar-refractivity contribution is 0.0697. The smallest absolute Gasteiger partial charge is 0.297 e. The van der Waals surface area contributed by atoms with Crippen LogP contribution in [0.2, 0.25) is 0 Å². The average molecular weight is 308 g/mol. The zero-order chi connectivity index (χ0) is 16.1. The van der Waals surface area contributed by atoms with Gasteiger partial charge in [0.2, 0.25) is 0 Å². The van der Waals surface area contributed by atoms with Crippen LogP contribution in [0.1, 0.15) is 21.6 Å². The van der Waals surface area contributed by atoms with E-state index in [-0.39, 0.29) is 12.2 Å². The summed E-state index contributed by atoms with van der Waals surface area (Å²) < 4.78 is 18.2. The Morgan fingerprint density at radius 1 is 1.32 bits per heavy atom. The fourth-order valence-corrected chi connectivity index (χ4v) is 1.79. The van der Waals surface area contributed by atoms with Crippen molar-refractivity contribution in [3.05, 3.63) is 53.1 Å². The van der Waals surface area contributed by atoms with Crippen LogP contribution in [0.15, 0.2) is 30.5 Å². The number of nitrogens with one attached hydrogen (secondary N) is 1. The second-order valence-electron chi connectivity index (χ2n) is 4.30. The van der Waals surface area contributed by atoms with Gasteiger partial charge in [-0.2, -0.15) is 0 Å². The van der Waals surface area contributed by atoms with Gasteiger partial charge in [-0.3, -0.25) is 10.0 Å². The number of aliphatic hydroxyl groups excluding tert-OH is 1. The molecule has 0 unspecified atom stereocenters. The zero-order valence-electron chi connectivity index (χ0n) is 11.3. The number of carbonyl (C=O) groups excluding carboxylic acids is 1. The summed E-state index contributed by atoms with van der Waals surface area (Å²) in [5.74, 6) is -1.56. The first-order valence-electron chi connectivity index (χ1n) is 6.20. The Labute approximate surface area is 124 Å². The van der Waals surface area contributed by atoms with Crippen LogP contribution in [0, 0.1) is 5.82 Å². The minimum Gasteiger partial charge on any atom is -0.505 e. The summed E-state index contributed by atoms with van der Waals surface area (Å²) in [4.78, 5) is 15.0. The van der Waals surface area contributed by atoms with Crippen molar-refractivity contribution in [1.82, 2.24) is 10.5 Å². The molecule has 8 heteroatoms. The van der Waals surface area contributed by atoms with E-state index in [0.717, 1.165) is 0 Å². The van der Waals surface area contributed by atoms with Crippen LogP contribution in [-0.4, -0.2) is 26.3 Å². The fourth-order valence-electron chi connectivity index (χ4n) is 1.79. The molecule has 2 aromatic rings. The molecule has 2 rings (SSSR count). The third kappa shape index (κ3) is 3.30. The molecule has 1 aromatic heterocycles. The number of hydrogen-bond donors (Lipinski definition) is 4. The second-order valence-corrected chi connectivity index (χ2v) is 4.30. The molecule has 0 radical (unpaired) electrons. The van der Waals surface area contributed by atoms with Crippen molar-refractivity contribution >= 4 is 5.91 Å². The summed E-state index contributed by atoms with van der Waals surface area (Å²) in [6.07, 6.45) is 1.24. The van der Waals surface area contributed by atoms with Gasteiger partial charge in [0, 0.05) is 17.3 Å². The summed E-state index contributed by atoms with van der Waals surface area (Å²) in [5, 5.41) is 27.8. The molecule has 4 N–H and O–H groups in total. The van der Waals surface area contributed by atoms with Gasteiger partial charge in [0.25, 0.3) is 5.91 Å². The van der Waals surface area contributed by atoms with Gasteiger partial charge in [0.05, 0.1) is 6.61 Å². The van der Waals surface area contributed by atoms with Crippen LogP contribution < -0.4 is 10.2 Å². The van der Waals surface area contributed by atoms with Crippen molar-refractivity contribution in [2.45, 2.75) is 13.2 Å². The lowest BCUT2D eigenvalue weighted by Crippen LogP contribution is -2.21. The molecule has 0 atom stereocenters. The van der Waals surface area contributed by atoms with E-state index in [1.807, 2.05) is 0 Å². The molecular weight excluding hydrogens is 295 g/mol. The summed E-state index contributed by atoms with van der Waals surface area (Å²) in [6.45, 7) is -0.606. The monoisotopic (exact) mass is 308 g/mol. The van der Waals surface area contributed by atoms with Gasteiger partial charge in [0.1, 0.15) is 18.2 Å². The lowest BCUT2D eigenvalue weighted by Gasteiger charge is -2.12. The summed E-state index contributed by atoms with van der Waals surface area (Å²) in [7, 11) is 0. The van der Waals surface area contributed by atoms with E-state index < -0.39 is 29.8 Å². The van der Waals surface area contributed by atoms with Gasteiger partial charge in [-0.25, -0.2) is 14.9 Å². The number of hydroxylamine groups is 1. The lowest BCUT2D eigenvalue weighted by atomic mass is 10.1. The van der Waals surface area contributed by atoms with Crippen molar-refractivity contribution in [3.63, 3.8) is 0 Å². The first-order chi connectivity index (χ1) is 10.6. The zero-order valence-corrected chi connectivity index (χ0v) is 11.3. The molecule has 1 aromatic carbocycles. The first-order valence-corrected chi connectivity index (χ1v) is 6.20. The SMILES string of the molecule is O=C(NO)c1ncc(COc2ccc(F)cc2)c(CO)c1O. The molecular formula is C14H13FN2O5. The third-order valence-electron chi connectivity index (χ3n) is 2.93. The van der Waals surface area contributed by atoms with E-state index in [1.165, 1.54) is 35.9 Å². The molecule has 1 amide bonds. The van der Waals surface area contributed by atoms with E-state index >= 15 is 0 Å². The van der Waals surface area contributed by atoms with Crippen LogP contribution in [0.3, 0.4) is 0 Å². The number of carbonyl (C=O) groups is 1. The van der Waals surface area contributed by atoms with Crippen LogP contribution in [0.4, 0.5) is 4.39 Å². The van der Waals surface area contributed by atoms with Crippen LogP contribution >= 0.6 is 0 Å². The maximum atomic E-state index is 12.8. The molecule has 0 bridgehead atoms. The van der Waals surface area contributed by atoms with E-state index in [4.69, 9.17) is 9.94 Å². The molecule has 0 aliphatic rings. The number of ether oxygens (including phenoxy) is 1. The number of benzene rings is 1. The van der Waals surface area contributed by atoms with Gasteiger partial charge in [-0.05, 0) is 24.3 Å². The van der Waals surface area contributed by atoms with Crippen LogP contribution in [-0.2, 0) is 13.2 Å². The Kier molecular flexibility index (Phi) is 4.87. The number of halogens is 1. The molecule has 0 aliphatic carbocycles. The number of aromatic nitrogens is 1. The first kappa shape index (κ1) is 15.7. The number of hydrogen-bond acceptors (Lipinski definition) is 6. The molecule has 1 heterocycles. The molecule has 0 aliphatic heterocycles. The molecule has 7 nitrogen and oxygen atoms in total. The molecule has 116 valence electrons. The fraction of sp³-hybridized carbons (Fsp3) is 0.143. The number of pyridine rings is 1. The molecule has 0 saturated carbocycles.